The highest BCUT2D eigenvalue weighted by Gasteiger charge is 2.13. The minimum Gasteiger partial charge on any atom is -0.460 e. The fourth-order valence-corrected chi connectivity index (χ4v) is 2.01. The lowest BCUT2D eigenvalue weighted by Gasteiger charge is -2.04. The third-order valence-corrected chi connectivity index (χ3v) is 3.07. The molecule has 0 aliphatic heterocycles. The van der Waals surface area contributed by atoms with Gasteiger partial charge in [-0.1, -0.05) is 19.9 Å². The zero-order valence-corrected chi connectivity index (χ0v) is 11.7. The molecular formula is C16H20O3. The quantitative estimate of drug-likeness (QED) is 0.756. The fourth-order valence-electron chi connectivity index (χ4n) is 2.01. The topological polar surface area (TPSA) is 39.4 Å². The molecule has 0 aliphatic rings. The van der Waals surface area contributed by atoms with Crippen molar-refractivity contribution in [3.63, 3.8) is 0 Å². The van der Waals surface area contributed by atoms with E-state index in [0.29, 0.717) is 12.5 Å². The summed E-state index contributed by atoms with van der Waals surface area (Å²) in [6.45, 7) is 6.57. The number of carbonyl (C=O) groups excluding carboxylic acids is 1. The molecule has 0 saturated heterocycles. The van der Waals surface area contributed by atoms with E-state index in [1.807, 2.05) is 6.07 Å². The van der Waals surface area contributed by atoms with Crippen molar-refractivity contribution in [3.8, 4) is 0 Å². The van der Waals surface area contributed by atoms with Crippen LogP contribution in [0.1, 0.15) is 43.3 Å². The van der Waals surface area contributed by atoms with E-state index in [9.17, 15) is 4.79 Å². The molecule has 1 aromatic heterocycles. The third-order valence-electron chi connectivity index (χ3n) is 3.07. The summed E-state index contributed by atoms with van der Waals surface area (Å²) in [4.78, 5) is 11.6. The van der Waals surface area contributed by atoms with Gasteiger partial charge in [0.1, 0.15) is 5.58 Å². The molecule has 0 fully saturated rings. The van der Waals surface area contributed by atoms with Gasteiger partial charge >= 0.3 is 5.97 Å². The van der Waals surface area contributed by atoms with Crippen molar-refractivity contribution in [2.75, 3.05) is 6.61 Å². The Hall–Kier alpha value is -1.77. The number of benzene rings is 1. The number of ether oxygens (including phenoxy) is 1. The molecule has 2 aromatic rings. The second kappa shape index (κ2) is 5.91. The first kappa shape index (κ1) is 13.7. The average molecular weight is 260 g/mol. The Morgan fingerprint density at radius 2 is 2.11 bits per heavy atom. The Bertz CT molecular complexity index is 566. The van der Waals surface area contributed by atoms with Gasteiger partial charge in [-0.25, -0.2) is 4.79 Å². The maximum absolute atomic E-state index is 11.6. The van der Waals surface area contributed by atoms with Crippen molar-refractivity contribution >= 4 is 16.9 Å². The van der Waals surface area contributed by atoms with Gasteiger partial charge in [-0.3, -0.25) is 0 Å². The molecule has 0 amide bonds. The number of aryl methyl sites for hydroxylation is 1. The van der Waals surface area contributed by atoms with E-state index in [0.717, 1.165) is 23.8 Å². The van der Waals surface area contributed by atoms with Gasteiger partial charge in [0.2, 0.25) is 5.76 Å². The first-order valence-corrected chi connectivity index (χ1v) is 6.79. The lowest BCUT2D eigenvalue weighted by molar-refractivity contribution is 0.0492. The minimum absolute atomic E-state index is 0.276. The van der Waals surface area contributed by atoms with Crippen LogP contribution in [0.5, 0.6) is 0 Å². The smallest absolute Gasteiger partial charge is 0.374 e. The summed E-state index contributed by atoms with van der Waals surface area (Å²) < 4.78 is 10.4. The molecule has 1 heterocycles. The number of hydrogen-bond donors (Lipinski definition) is 0. The highest BCUT2D eigenvalue weighted by molar-refractivity contribution is 5.92. The van der Waals surface area contributed by atoms with Crippen molar-refractivity contribution in [1.82, 2.24) is 0 Å². The van der Waals surface area contributed by atoms with E-state index >= 15 is 0 Å². The maximum atomic E-state index is 11.6. The number of esters is 1. The minimum atomic E-state index is -0.401. The van der Waals surface area contributed by atoms with E-state index in [1.54, 1.807) is 13.0 Å². The number of hydrogen-bond acceptors (Lipinski definition) is 3. The Morgan fingerprint density at radius 1 is 1.32 bits per heavy atom. The average Bonchev–Trinajstić information content (AvgIpc) is 2.79. The van der Waals surface area contributed by atoms with Crippen LogP contribution in [0.4, 0.5) is 0 Å². The molecule has 0 unspecified atom stereocenters. The molecule has 3 heteroatoms. The number of carbonyl (C=O) groups is 1. The molecule has 102 valence electrons. The van der Waals surface area contributed by atoms with E-state index in [4.69, 9.17) is 9.15 Å². The molecular weight excluding hydrogens is 240 g/mol. The number of furan rings is 1. The van der Waals surface area contributed by atoms with Gasteiger partial charge in [0.05, 0.1) is 6.61 Å². The first-order valence-electron chi connectivity index (χ1n) is 6.79. The second-order valence-electron chi connectivity index (χ2n) is 5.14. The molecule has 2 rings (SSSR count). The fraction of sp³-hybridized carbons (Fsp3) is 0.438. The summed E-state index contributed by atoms with van der Waals surface area (Å²) in [5.74, 6) is 0.565. The molecule has 19 heavy (non-hydrogen) atoms. The van der Waals surface area contributed by atoms with Crippen LogP contribution in [0.15, 0.2) is 28.7 Å². The van der Waals surface area contributed by atoms with Gasteiger partial charge in [0.15, 0.2) is 0 Å². The monoisotopic (exact) mass is 260 g/mol. The zero-order valence-electron chi connectivity index (χ0n) is 11.7. The van der Waals surface area contributed by atoms with Crippen molar-refractivity contribution in [3.05, 3.63) is 35.6 Å². The Morgan fingerprint density at radius 3 is 2.79 bits per heavy atom. The Balaban J connectivity index is 2.20. The zero-order chi connectivity index (χ0) is 13.8. The molecule has 1 aromatic carbocycles. The Kier molecular flexibility index (Phi) is 4.25. The summed E-state index contributed by atoms with van der Waals surface area (Å²) >= 11 is 0. The van der Waals surface area contributed by atoms with Gasteiger partial charge < -0.3 is 9.15 Å². The van der Waals surface area contributed by atoms with E-state index in [1.165, 1.54) is 5.56 Å². The number of fused-ring (bicyclic) bond motifs is 1. The van der Waals surface area contributed by atoms with Gasteiger partial charge in [-0.15, -0.1) is 0 Å². The van der Waals surface area contributed by atoms with Gasteiger partial charge in [0.25, 0.3) is 0 Å². The van der Waals surface area contributed by atoms with Crippen LogP contribution in [-0.4, -0.2) is 12.6 Å². The third kappa shape index (κ3) is 3.37. The highest BCUT2D eigenvalue weighted by atomic mass is 16.5. The number of rotatable bonds is 5. The molecule has 0 atom stereocenters. The molecule has 0 spiro atoms. The van der Waals surface area contributed by atoms with Gasteiger partial charge in [0, 0.05) is 5.39 Å². The molecule has 0 radical (unpaired) electrons. The molecule has 0 saturated carbocycles. The maximum Gasteiger partial charge on any atom is 0.374 e. The predicted molar refractivity (Wildman–Crippen MR) is 75.3 cm³/mol. The summed E-state index contributed by atoms with van der Waals surface area (Å²) in [6.07, 6.45) is 2.21. The summed E-state index contributed by atoms with van der Waals surface area (Å²) in [5, 5.41) is 0.962. The van der Waals surface area contributed by atoms with E-state index < -0.39 is 5.97 Å². The van der Waals surface area contributed by atoms with Crippen molar-refractivity contribution in [2.24, 2.45) is 5.92 Å². The van der Waals surface area contributed by atoms with Crippen LogP contribution in [0.25, 0.3) is 11.0 Å². The lowest BCUT2D eigenvalue weighted by atomic mass is 10.0. The molecule has 0 aliphatic carbocycles. The van der Waals surface area contributed by atoms with Crippen molar-refractivity contribution in [2.45, 2.75) is 33.6 Å². The van der Waals surface area contributed by atoms with Crippen LogP contribution < -0.4 is 0 Å². The standard InChI is InChI=1S/C16H20O3/c1-4-18-16(17)15-10-13-9-12(6-5-11(2)3)7-8-14(13)19-15/h7-11H,4-6H2,1-3H3. The molecule has 0 N–H and O–H groups in total. The summed E-state index contributed by atoms with van der Waals surface area (Å²) in [5.41, 5.74) is 2.01. The Labute approximate surface area is 113 Å². The van der Waals surface area contributed by atoms with Crippen LogP contribution in [0.2, 0.25) is 0 Å². The summed E-state index contributed by atoms with van der Waals surface area (Å²) in [6, 6.07) is 7.83. The molecule has 3 nitrogen and oxygen atoms in total. The van der Waals surface area contributed by atoms with Crippen molar-refractivity contribution in [1.29, 1.82) is 0 Å². The van der Waals surface area contributed by atoms with Crippen molar-refractivity contribution < 1.29 is 13.9 Å². The second-order valence-corrected chi connectivity index (χ2v) is 5.14. The normalized spacial score (nSPS) is 11.2. The van der Waals surface area contributed by atoms with E-state index in [2.05, 4.69) is 26.0 Å². The lowest BCUT2D eigenvalue weighted by Crippen LogP contribution is -2.02. The highest BCUT2D eigenvalue weighted by Crippen LogP contribution is 2.22. The van der Waals surface area contributed by atoms with Crippen LogP contribution in [0, 0.1) is 5.92 Å². The van der Waals surface area contributed by atoms with Crippen LogP contribution in [0.3, 0.4) is 0 Å². The van der Waals surface area contributed by atoms with Gasteiger partial charge in [-0.05, 0) is 49.4 Å². The van der Waals surface area contributed by atoms with Gasteiger partial charge in [-0.2, -0.15) is 0 Å². The first-order chi connectivity index (χ1) is 9.10. The van der Waals surface area contributed by atoms with E-state index in [-0.39, 0.29) is 5.76 Å². The van der Waals surface area contributed by atoms with Crippen LogP contribution in [-0.2, 0) is 11.2 Å². The molecule has 0 bridgehead atoms. The van der Waals surface area contributed by atoms with Crippen LogP contribution >= 0.6 is 0 Å². The summed E-state index contributed by atoms with van der Waals surface area (Å²) in [7, 11) is 0. The SMILES string of the molecule is CCOC(=O)c1cc2cc(CCC(C)C)ccc2o1. The predicted octanol–water partition coefficient (Wildman–Crippen LogP) is 4.20. The largest absolute Gasteiger partial charge is 0.460 e.